The number of fused-ring (bicyclic) bond motifs is 1. The van der Waals surface area contributed by atoms with Gasteiger partial charge in [-0.3, -0.25) is 0 Å². The van der Waals surface area contributed by atoms with E-state index < -0.39 is 0 Å². The van der Waals surface area contributed by atoms with E-state index in [9.17, 15) is 0 Å². The molecule has 0 N–H and O–H groups in total. The molecule has 0 fully saturated rings. The number of para-hydroxylation sites is 2. The molecule has 0 atom stereocenters. The first-order chi connectivity index (χ1) is 6.29. The van der Waals surface area contributed by atoms with Crippen LogP contribution in [0.2, 0.25) is 0 Å². The third kappa shape index (κ3) is 3.69. The zero-order valence-electron chi connectivity index (χ0n) is 10.4. The van der Waals surface area contributed by atoms with Gasteiger partial charge in [0.2, 0.25) is 0 Å². The van der Waals surface area contributed by atoms with Gasteiger partial charge in [-0.15, -0.1) is 0 Å². The van der Waals surface area contributed by atoms with Gasteiger partial charge in [-0.1, -0.05) is 26.0 Å². The molecule has 0 unspecified atom stereocenters. The number of anilines is 2. The zero-order chi connectivity index (χ0) is 9.84. The maximum Gasteiger partial charge on any atom is 0.0467 e. The second-order valence-electron chi connectivity index (χ2n) is 2.83. The predicted octanol–water partition coefficient (Wildman–Crippen LogP) is 3.17. The van der Waals surface area contributed by atoms with Crippen LogP contribution in [-0.4, -0.2) is 14.1 Å². The summed E-state index contributed by atoms with van der Waals surface area (Å²) < 4.78 is 0. The van der Waals surface area contributed by atoms with Crippen LogP contribution in [0.3, 0.4) is 0 Å². The summed E-state index contributed by atoms with van der Waals surface area (Å²) >= 11 is 0. The van der Waals surface area contributed by atoms with Gasteiger partial charge in [0, 0.05) is 51.5 Å². The van der Waals surface area contributed by atoms with E-state index >= 15 is 0 Å². The summed E-state index contributed by atoms with van der Waals surface area (Å²) in [6.07, 6.45) is 0. The van der Waals surface area contributed by atoms with E-state index in [0.29, 0.717) is 0 Å². The minimum Gasteiger partial charge on any atom is -0.504 e. The van der Waals surface area contributed by atoms with Gasteiger partial charge >= 0.3 is 0 Å². The Morgan fingerprint density at radius 2 is 1.27 bits per heavy atom. The molecule has 81 valence electrons. The fraction of sp³-hybridized carbons (Fsp3) is 0.333. The van der Waals surface area contributed by atoms with Crippen molar-refractivity contribution in [2.45, 2.75) is 13.8 Å². The van der Waals surface area contributed by atoms with E-state index in [0.717, 1.165) is 0 Å². The second kappa shape index (κ2) is 8.01. The minimum atomic E-state index is 0. The van der Waals surface area contributed by atoms with E-state index in [1.54, 1.807) is 0 Å². The number of hydrogen-bond donors (Lipinski definition) is 0. The number of rotatable bonds is 0. The maximum absolute atomic E-state index is 2.12. The minimum absolute atomic E-state index is 0. The van der Waals surface area contributed by atoms with Gasteiger partial charge in [0.1, 0.15) is 0 Å². The average Bonchev–Trinajstić information content (AvgIpc) is 2.47. The van der Waals surface area contributed by atoms with Gasteiger partial charge in [-0.25, -0.2) is 0 Å². The van der Waals surface area contributed by atoms with Crippen LogP contribution < -0.4 is 9.80 Å². The third-order valence-corrected chi connectivity index (χ3v) is 1.99. The molecular formula is C12H20N2Y. The first-order valence-corrected chi connectivity index (χ1v) is 4.69. The molecule has 1 aromatic rings. The van der Waals surface area contributed by atoms with Gasteiger partial charge in [0.05, 0.1) is 0 Å². The Morgan fingerprint density at radius 1 is 0.933 bits per heavy atom. The molecule has 15 heavy (non-hydrogen) atoms. The predicted molar refractivity (Wildman–Crippen MR) is 65.3 cm³/mol. The Balaban J connectivity index is 0. The van der Waals surface area contributed by atoms with Crippen LogP contribution in [0, 0.1) is 14.1 Å². The average molecular weight is 281 g/mol. The number of benzene rings is 1. The van der Waals surface area contributed by atoms with Crippen molar-refractivity contribution in [2.75, 3.05) is 23.9 Å². The Labute approximate surface area is 120 Å². The molecule has 1 aromatic carbocycles. The van der Waals surface area contributed by atoms with E-state index in [-0.39, 0.29) is 40.1 Å². The molecule has 1 heterocycles. The third-order valence-electron chi connectivity index (χ3n) is 1.99. The largest absolute Gasteiger partial charge is 0.504 e. The summed E-state index contributed by atoms with van der Waals surface area (Å²) in [5, 5.41) is 0. The molecular weight excluding hydrogens is 261 g/mol. The normalized spacial score (nSPS) is 11.7. The van der Waals surface area contributed by atoms with Crippen LogP contribution in [0.5, 0.6) is 0 Å². The van der Waals surface area contributed by atoms with Crippen LogP contribution in [0.25, 0.3) is 0 Å². The van der Waals surface area contributed by atoms with Crippen molar-refractivity contribution < 1.29 is 32.7 Å². The van der Waals surface area contributed by atoms with Crippen LogP contribution in [-0.2, 0) is 32.7 Å². The molecule has 0 aromatic heterocycles. The fourth-order valence-electron chi connectivity index (χ4n) is 1.44. The molecule has 0 bridgehead atoms. The molecule has 2 nitrogen and oxygen atoms in total. The quantitative estimate of drug-likeness (QED) is 0.674. The van der Waals surface area contributed by atoms with Crippen molar-refractivity contribution in [3.05, 3.63) is 38.4 Å². The maximum atomic E-state index is 2.12. The van der Waals surface area contributed by atoms with E-state index in [1.807, 2.05) is 13.8 Å². The zero-order valence-corrected chi connectivity index (χ0v) is 13.2. The van der Waals surface area contributed by atoms with E-state index in [4.69, 9.17) is 0 Å². The number of nitrogens with zero attached hydrogens (tertiary/aromatic N) is 2. The molecule has 1 aliphatic rings. The van der Waals surface area contributed by atoms with Crippen LogP contribution in [0.4, 0.5) is 11.4 Å². The van der Waals surface area contributed by atoms with Gasteiger partial charge in [-0.2, -0.15) is 6.67 Å². The first-order valence-electron chi connectivity index (χ1n) is 4.69. The van der Waals surface area contributed by atoms with E-state index in [2.05, 4.69) is 54.8 Å². The van der Waals surface area contributed by atoms with Crippen LogP contribution in [0.15, 0.2) is 24.3 Å². The molecule has 2 rings (SSSR count). The Hall–Kier alpha value is -0.206. The Kier molecular flexibility index (Phi) is 9.18. The molecule has 0 spiro atoms. The first kappa shape index (κ1) is 17.2. The van der Waals surface area contributed by atoms with Gasteiger partial charge < -0.3 is 9.80 Å². The standard InChI is InChI=1S/C9H11N2.C2H6.CH3.Y/c1-10-7-11(2)9-6-4-3-5-8(9)10;1-2;;/h3-7H,1-2H3;1-2H3;1H3;/q-1;;+1;. The number of hydrogen-bond acceptors (Lipinski definition) is 2. The summed E-state index contributed by atoms with van der Waals surface area (Å²) in [6, 6.07) is 8.36. The molecule has 3 heteroatoms. The van der Waals surface area contributed by atoms with E-state index in [1.165, 1.54) is 11.4 Å². The summed E-state index contributed by atoms with van der Waals surface area (Å²) in [6.45, 7) is 6.07. The summed E-state index contributed by atoms with van der Waals surface area (Å²) in [5.41, 5.74) is 2.55. The molecule has 0 saturated heterocycles. The van der Waals surface area contributed by atoms with Crippen molar-refractivity contribution in [3.8, 4) is 0 Å². The smallest absolute Gasteiger partial charge is 0.0467 e. The van der Waals surface area contributed by atoms with Crippen molar-refractivity contribution in [3.63, 3.8) is 0 Å². The molecule has 1 radical (unpaired) electrons. The monoisotopic (exact) mass is 281 g/mol. The summed E-state index contributed by atoms with van der Waals surface area (Å²) in [4.78, 5) is 4.24. The topological polar surface area (TPSA) is 6.48 Å². The molecule has 0 aliphatic carbocycles. The molecule has 1 aliphatic heterocycles. The Bertz CT molecular complexity index is 249. The van der Waals surface area contributed by atoms with Crippen LogP contribution >= 0.6 is 0 Å². The molecule has 0 saturated carbocycles. The van der Waals surface area contributed by atoms with Crippen molar-refractivity contribution >= 4 is 11.4 Å². The van der Waals surface area contributed by atoms with Gasteiger partial charge in [0.15, 0.2) is 0 Å². The fourth-order valence-corrected chi connectivity index (χ4v) is 1.44. The summed E-state index contributed by atoms with van der Waals surface area (Å²) in [5.74, 6) is 0. The van der Waals surface area contributed by atoms with Crippen molar-refractivity contribution in [1.29, 1.82) is 0 Å². The Morgan fingerprint density at radius 3 is 1.60 bits per heavy atom. The van der Waals surface area contributed by atoms with Crippen molar-refractivity contribution in [1.82, 2.24) is 0 Å². The van der Waals surface area contributed by atoms with Crippen LogP contribution in [0.1, 0.15) is 13.8 Å². The molecule has 0 amide bonds. The SMILES string of the molecule is CC.CN1[CH-]N(C)c2ccccc21.[CH3+].[Y]. The van der Waals surface area contributed by atoms with Gasteiger partial charge in [-0.05, 0) is 26.2 Å². The van der Waals surface area contributed by atoms with Crippen molar-refractivity contribution in [2.24, 2.45) is 0 Å². The van der Waals surface area contributed by atoms with Gasteiger partial charge in [0.25, 0.3) is 0 Å². The second-order valence-corrected chi connectivity index (χ2v) is 2.83. The summed E-state index contributed by atoms with van der Waals surface area (Å²) in [7, 11) is 4.12.